The molecule has 25 heavy (non-hydrogen) atoms. The molecule has 1 aromatic heterocycles. The van der Waals surface area contributed by atoms with Gasteiger partial charge in [0.2, 0.25) is 5.95 Å². The molecule has 0 spiro atoms. The normalized spacial score (nSPS) is 18.1. The number of thiol groups is 1. The Morgan fingerprint density at radius 2 is 1.68 bits per heavy atom. The van der Waals surface area contributed by atoms with Crippen LogP contribution in [-0.2, 0) is 16.9 Å². The molecular formula is C15H15F3N4O2S. The van der Waals surface area contributed by atoms with Gasteiger partial charge in [0, 0.05) is 0 Å². The van der Waals surface area contributed by atoms with Crippen LogP contribution in [0, 0.1) is 0 Å². The molecule has 1 heterocycles. The molecule has 2 aliphatic carbocycles. The lowest BCUT2D eigenvalue weighted by Crippen LogP contribution is -2.10. The SMILES string of the molecule is Nc1nc(C(F)(F)F)nn1-c1cc([SH](=O)=O)c(C2CC2)cc1C1CC1. The predicted octanol–water partition coefficient (Wildman–Crippen LogP) is 2.59. The van der Waals surface area contributed by atoms with E-state index in [9.17, 15) is 21.6 Å². The fourth-order valence-corrected chi connectivity index (χ4v) is 3.70. The standard InChI is InChI=1S/C15H15F3N4O2S/c16-15(17,18)13-20-14(19)22(21-13)11-6-12(25(23)24)10(8-3-4-8)5-9(11)7-1-2-7/h5-8,25H,1-4H2,(H2,19,20,21). The topological polar surface area (TPSA) is 90.9 Å². The van der Waals surface area contributed by atoms with Crippen LogP contribution in [0.2, 0.25) is 0 Å². The van der Waals surface area contributed by atoms with Gasteiger partial charge in [-0.15, -0.1) is 5.10 Å². The first-order valence-corrected chi connectivity index (χ1v) is 9.05. The highest BCUT2D eigenvalue weighted by molar-refractivity contribution is 7.72. The average molecular weight is 372 g/mol. The number of nitrogens with zero attached hydrogens (tertiary/aromatic N) is 3. The highest BCUT2D eigenvalue weighted by atomic mass is 32.2. The molecule has 0 radical (unpaired) electrons. The van der Waals surface area contributed by atoms with Crippen molar-refractivity contribution in [2.75, 3.05) is 5.73 Å². The average Bonchev–Trinajstić information content (AvgIpc) is 3.43. The van der Waals surface area contributed by atoms with Crippen molar-refractivity contribution in [1.29, 1.82) is 0 Å². The fraction of sp³-hybridized carbons (Fsp3) is 0.467. The zero-order chi connectivity index (χ0) is 17.9. The van der Waals surface area contributed by atoms with Gasteiger partial charge in [0.15, 0.2) is 10.7 Å². The number of hydrogen-bond acceptors (Lipinski definition) is 5. The Kier molecular flexibility index (Phi) is 3.57. The van der Waals surface area contributed by atoms with E-state index in [1.54, 1.807) is 6.07 Å². The molecule has 0 saturated heterocycles. The Balaban J connectivity index is 1.92. The second kappa shape index (κ2) is 5.45. The number of rotatable bonds is 4. The smallest absolute Gasteiger partial charge is 0.368 e. The van der Waals surface area contributed by atoms with Crippen LogP contribution in [0.4, 0.5) is 19.1 Å². The minimum Gasteiger partial charge on any atom is -0.368 e. The number of halogens is 3. The monoisotopic (exact) mass is 372 g/mol. The third-order valence-corrected chi connectivity index (χ3v) is 5.30. The number of nitrogens with two attached hydrogens (primary N) is 1. The number of aromatic nitrogens is 3. The van der Waals surface area contributed by atoms with Crippen LogP contribution in [0.15, 0.2) is 17.0 Å². The zero-order valence-electron chi connectivity index (χ0n) is 13.0. The van der Waals surface area contributed by atoms with Crippen LogP contribution in [0.3, 0.4) is 0 Å². The molecular weight excluding hydrogens is 357 g/mol. The van der Waals surface area contributed by atoms with E-state index in [0.29, 0.717) is 0 Å². The first-order valence-electron chi connectivity index (χ1n) is 7.88. The van der Waals surface area contributed by atoms with Gasteiger partial charge in [-0.25, -0.2) is 8.42 Å². The first-order chi connectivity index (χ1) is 11.8. The number of nitrogen functional groups attached to an aromatic ring is 1. The van der Waals surface area contributed by atoms with Crippen molar-refractivity contribution < 1.29 is 21.6 Å². The summed E-state index contributed by atoms with van der Waals surface area (Å²) >= 11 is 0. The number of benzene rings is 1. The lowest BCUT2D eigenvalue weighted by Gasteiger charge is -2.14. The van der Waals surface area contributed by atoms with Crippen molar-refractivity contribution in [3.05, 3.63) is 29.1 Å². The van der Waals surface area contributed by atoms with Gasteiger partial charge in [0.05, 0.1) is 10.6 Å². The largest absolute Gasteiger partial charge is 0.453 e. The highest BCUT2D eigenvalue weighted by Gasteiger charge is 2.38. The van der Waals surface area contributed by atoms with E-state index < -0.39 is 28.7 Å². The van der Waals surface area contributed by atoms with Gasteiger partial charge in [-0.1, -0.05) is 6.07 Å². The van der Waals surface area contributed by atoms with E-state index in [0.717, 1.165) is 41.5 Å². The Hall–Kier alpha value is -2.10. The maximum Gasteiger partial charge on any atom is 0.453 e. The minimum absolute atomic E-state index is 0.125. The molecule has 6 nitrogen and oxygen atoms in total. The molecule has 0 unspecified atom stereocenters. The minimum atomic E-state index is -4.72. The number of anilines is 1. The molecule has 0 atom stereocenters. The van der Waals surface area contributed by atoms with Crippen molar-refractivity contribution in [2.24, 2.45) is 0 Å². The molecule has 1 aromatic carbocycles. The molecule has 2 N–H and O–H groups in total. The highest BCUT2D eigenvalue weighted by Crippen LogP contribution is 2.48. The van der Waals surface area contributed by atoms with E-state index in [4.69, 9.17) is 5.73 Å². The summed E-state index contributed by atoms with van der Waals surface area (Å²) in [6, 6.07) is 3.19. The maximum absolute atomic E-state index is 12.9. The van der Waals surface area contributed by atoms with Gasteiger partial charge >= 0.3 is 6.18 Å². The third-order valence-electron chi connectivity index (χ3n) is 4.52. The summed E-state index contributed by atoms with van der Waals surface area (Å²) < 4.78 is 62.8. The van der Waals surface area contributed by atoms with Crippen molar-refractivity contribution >= 4 is 16.7 Å². The van der Waals surface area contributed by atoms with Crippen molar-refractivity contribution in [1.82, 2.24) is 14.8 Å². The Labute approximate surface area is 142 Å². The second-order valence-electron chi connectivity index (χ2n) is 6.48. The van der Waals surface area contributed by atoms with Crippen molar-refractivity contribution in [2.45, 2.75) is 48.6 Å². The van der Waals surface area contributed by atoms with Gasteiger partial charge in [-0.2, -0.15) is 22.8 Å². The van der Waals surface area contributed by atoms with Crippen LogP contribution in [0.5, 0.6) is 0 Å². The molecule has 0 amide bonds. The van der Waals surface area contributed by atoms with Crippen LogP contribution in [0.1, 0.15) is 54.5 Å². The van der Waals surface area contributed by atoms with E-state index in [-0.39, 0.29) is 22.4 Å². The molecule has 2 aliphatic rings. The van der Waals surface area contributed by atoms with Crippen LogP contribution in [0.25, 0.3) is 5.69 Å². The van der Waals surface area contributed by atoms with Gasteiger partial charge in [0.1, 0.15) is 0 Å². The molecule has 10 heteroatoms. The number of hydrogen-bond donors (Lipinski definition) is 2. The maximum atomic E-state index is 12.9. The van der Waals surface area contributed by atoms with E-state index in [1.807, 2.05) is 0 Å². The molecule has 0 bridgehead atoms. The van der Waals surface area contributed by atoms with Gasteiger partial charge < -0.3 is 5.73 Å². The molecule has 4 rings (SSSR count). The summed E-state index contributed by atoms with van der Waals surface area (Å²) in [6.07, 6.45) is -1.08. The van der Waals surface area contributed by atoms with Crippen molar-refractivity contribution in [3.8, 4) is 5.69 Å². The molecule has 2 fully saturated rings. The van der Waals surface area contributed by atoms with Crippen LogP contribution < -0.4 is 5.73 Å². The third kappa shape index (κ3) is 2.99. The Morgan fingerprint density at radius 3 is 2.16 bits per heavy atom. The Bertz CT molecular complexity index is 920. The summed E-state index contributed by atoms with van der Waals surface area (Å²) in [5.74, 6) is -1.37. The van der Waals surface area contributed by atoms with Crippen LogP contribution >= 0.6 is 0 Å². The molecule has 0 aliphatic heterocycles. The van der Waals surface area contributed by atoms with Crippen LogP contribution in [-0.4, -0.2) is 23.2 Å². The predicted molar refractivity (Wildman–Crippen MR) is 83.3 cm³/mol. The molecule has 134 valence electrons. The second-order valence-corrected chi connectivity index (χ2v) is 7.47. The van der Waals surface area contributed by atoms with Gasteiger partial charge in [0.25, 0.3) is 5.82 Å². The molecule has 2 aromatic rings. The number of alkyl halides is 3. The van der Waals surface area contributed by atoms with E-state index in [2.05, 4.69) is 10.1 Å². The van der Waals surface area contributed by atoms with E-state index in [1.165, 1.54) is 6.07 Å². The fourth-order valence-electron chi connectivity index (χ4n) is 3.02. The lowest BCUT2D eigenvalue weighted by atomic mass is 10.0. The Morgan fingerprint density at radius 1 is 1.08 bits per heavy atom. The molecule has 2 saturated carbocycles. The van der Waals surface area contributed by atoms with Gasteiger partial charge in [-0.05, 0) is 54.7 Å². The lowest BCUT2D eigenvalue weighted by molar-refractivity contribution is -0.144. The quantitative estimate of drug-likeness (QED) is 0.805. The summed E-state index contributed by atoms with van der Waals surface area (Å²) in [5.41, 5.74) is 7.43. The van der Waals surface area contributed by atoms with Crippen molar-refractivity contribution in [3.63, 3.8) is 0 Å². The summed E-state index contributed by atoms with van der Waals surface area (Å²) in [5, 5.41) is 3.47. The van der Waals surface area contributed by atoms with E-state index >= 15 is 0 Å². The van der Waals surface area contributed by atoms with Gasteiger partial charge in [-0.3, -0.25) is 0 Å². The summed E-state index contributed by atoms with van der Waals surface area (Å²) in [6.45, 7) is 0. The summed E-state index contributed by atoms with van der Waals surface area (Å²) in [7, 11) is -2.88. The zero-order valence-corrected chi connectivity index (χ0v) is 13.8. The first kappa shape index (κ1) is 16.4. The summed E-state index contributed by atoms with van der Waals surface area (Å²) in [4.78, 5) is 3.40.